The number of aliphatic hydroxyl groups is 1. The number of benzene rings is 2. The smallest absolute Gasteiger partial charge is 0.326 e. The van der Waals surface area contributed by atoms with Crippen molar-refractivity contribution >= 4 is 29.1 Å². The number of aromatic hydroxyl groups is 1. The van der Waals surface area contributed by atoms with Gasteiger partial charge in [0.2, 0.25) is 5.91 Å². The highest BCUT2D eigenvalue weighted by atomic mass is 16.6. The molecule has 6 rings (SSSR count). The number of carbonyl (C=O) groups excluding carboxylic acids is 3. The van der Waals surface area contributed by atoms with Crippen molar-refractivity contribution in [1.29, 1.82) is 0 Å². The van der Waals surface area contributed by atoms with Crippen LogP contribution >= 0.6 is 0 Å². The molecule has 0 aliphatic carbocycles. The molecule has 10 heteroatoms. The fourth-order valence-electron chi connectivity index (χ4n) is 5.21. The summed E-state index contributed by atoms with van der Waals surface area (Å²) < 4.78 is 6.94. The normalized spacial score (nSPS) is 20.6. The number of rotatable bonds is 3. The summed E-state index contributed by atoms with van der Waals surface area (Å²) in [6.45, 7) is 2.04. The molecule has 2 aromatic carbocycles. The number of hydrogen-bond donors (Lipinski definition) is 3. The maximum absolute atomic E-state index is 12.8. The Kier molecular flexibility index (Phi) is 7.63. The lowest BCUT2D eigenvalue weighted by molar-refractivity contribution is -0.132. The zero-order valence-corrected chi connectivity index (χ0v) is 20.8. The number of aliphatic hydroxyl groups excluding tert-OH is 1. The molecule has 0 radical (unpaired) electrons. The van der Waals surface area contributed by atoms with Crippen LogP contribution in [0.1, 0.15) is 52.4 Å². The van der Waals surface area contributed by atoms with Crippen LogP contribution in [-0.2, 0) is 22.6 Å². The Balaban J connectivity index is 0.000000349. The highest BCUT2D eigenvalue weighted by Gasteiger charge is 2.44. The molecule has 3 aliphatic rings. The quantitative estimate of drug-likeness (QED) is 0.460. The van der Waals surface area contributed by atoms with Crippen molar-refractivity contribution < 1.29 is 29.3 Å². The molecule has 3 amide bonds. The molecule has 0 saturated carbocycles. The van der Waals surface area contributed by atoms with Gasteiger partial charge < -0.3 is 30.6 Å². The van der Waals surface area contributed by atoms with Crippen LogP contribution < -0.4 is 6.15 Å². The van der Waals surface area contributed by atoms with E-state index in [1.807, 2.05) is 18.2 Å². The van der Waals surface area contributed by atoms with Crippen molar-refractivity contribution in [2.75, 3.05) is 20.2 Å². The number of ether oxygens (including phenoxy) is 1. The van der Waals surface area contributed by atoms with Gasteiger partial charge in [-0.2, -0.15) is 0 Å². The molecule has 3 aromatic rings. The Labute approximate surface area is 214 Å². The summed E-state index contributed by atoms with van der Waals surface area (Å²) in [5.41, 5.74) is 4.32. The van der Waals surface area contributed by atoms with Crippen LogP contribution in [0, 0.1) is 0 Å². The Morgan fingerprint density at radius 3 is 2.49 bits per heavy atom. The first-order valence-electron chi connectivity index (χ1n) is 12.1. The SMILES string of the molecule is CN1C(=O)C2CN(Cc3c2c2cc(O)ccc2n3Cc2ccc(C=O)cc2)C1=O.N.OC1CCCCO1. The number of nitrogens with zero attached hydrogens (tertiary/aromatic N) is 3. The van der Waals surface area contributed by atoms with Gasteiger partial charge in [0, 0.05) is 48.9 Å². The number of hydrogen-bond acceptors (Lipinski definition) is 7. The predicted molar refractivity (Wildman–Crippen MR) is 137 cm³/mol. The van der Waals surface area contributed by atoms with Crippen molar-refractivity contribution in [2.45, 2.75) is 44.6 Å². The molecule has 5 N–H and O–H groups in total. The summed E-state index contributed by atoms with van der Waals surface area (Å²) in [6, 6.07) is 12.2. The molecule has 196 valence electrons. The summed E-state index contributed by atoms with van der Waals surface area (Å²) in [4.78, 5) is 39.2. The Morgan fingerprint density at radius 2 is 1.86 bits per heavy atom. The van der Waals surface area contributed by atoms with Gasteiger partial charge in [0.25, 0.3) is 0 Å². The number of phenolic OH excluding ortho intramolecular Hbond substituents is 1. The zero-order valence-electron chi connectivity index (χ0n) is 20.8. The van der Waals surface area contributed by atoms with Gasteiger partial charge in [0.15, 0.2) is 6.29 Å². The number of fused-ring (bicyclic) bond motifs is 6. The molecule has 2 bridgehead atoms. The summed E-state index contributed by atoms with van der Waals surface area (Å²) in [5, 5.41) is 19.6. The minimum absolute atomic E-state index is 0. The molecular weight excluding hydrogens is 476 g/mol. The predicted octanol–water partition coefficient (Wildman–Crippen LogP) is 3.37. The molecule has 2 atom stereocenters. The van der Waals surface area contributed by atoms with Gasteiger partial charge in [-0.3, -0.25) is 14.5 Å². The lowest BCUT2D eigenvalue weighted by Crippen LogP contribution is -2.56. The second-order valence-corrected chi connectivity index (χ2v) is 9.44. The number of phenols is 1. The summed E-state index contributed by atoms with van der Waals surface area (Å²) >= 11 is 0. The van der Waals surface area contributed by atoms with Crippen molar-refractivity contribution in [2.24, 2.45) is 0 Å². The van der Waals surface area contributed by atoms with Gasteiger partial charge in [0.05, 0.1) is 12.5 Å². The van der Waals surface area contributed by atoms with Crippen LogP contribution in [0.3, 0.4) is 0 Å². The molecular formula is C27H32N4O6. The van der Waals surface area contributed by atoms with E-state index in [-0.39, 0.29) is 23.8 Å². The van der Waals surface area contributed by atoms with E-state index in [2.05, 4.69) is 4.57 Å². The molecule has 3 aliphatic heterocycles. The molecule has 4 heterocycles. The first-order valence-corrected chi connectivity index (χ1v) is 12.1. The fourth-order valence-corrected chi connectivity index (χ4v) is 5.21. The lowest BCUT2D eigenvalue weighted by atomic mass is 9.89. The minimum atomic E-state index is -0.464. The van der Waals surface area contributed by atoms with Crippen LogP contribution in [0.25, 0.3) is 10.9 Å². The average molecular weight is 509 g/mol. The second-order valence-electron chi connectivity index (χ2n) is 9.44. The Hall–Kier alpha value is -3.73. The maximum Gasteiger partial charge on any atom is 0.326 e. The van der Waals surface area contributed by atoms with E-state index in [4.69, 9.17) is 9.84 Å². The first-order chi connectivity index (χ1) is 17.4. The van der Waals surface area contributed by atoms with Gasteiger partial charge in [0.1, 0.15) is 12.0 Å². The maximum atomic E-state index is 12.8. The molecule has 2 fully saturated rings. The van der Waals surface area contributed by atoms with E-state index < -0.39 is 12.2 Å². The van der Waals surface area contributed by atoms with E-state index in [0.717, 1.165) is 59.9 Å². The van der Waals surface area contributed by atoms with Crippen LogP contribution in [0.4, 0.5) is 4.79 Å². The highest BCUT2D eigenvalue weighted by molar-refractivity contribution is 6.04. The van der Waals surface area contributed by atoms with Crippen molar-refractivity contribution in [1.82, 2.24) is 20.5 Å². The summed E-state index contributed by atoms with van der Waals surface area (Å²) in [5.74, 6) is -0.516. The monoisotopic (exact) mass is 508 g/mol. The third kappa shape index (κ3) is 4.95. The van der Waals surface area contributed by atoms with Gasteiger partial charge in [-0.1, -0.05) is 24.3 Å². The van der Waals surface area contributed by atoms with Crippen molar-refractivity contribution in [3.8, 4) is 5.75 Å². The number of urea groups is 1. The third-order valence-corrected chi connectivity index (χ3v) is 7.09. The summed E-state index contributed by atoms with van der Waals surface area (Å²) in [6.07, 6.45) is 3.38. The lowest BCUT2D eigenvalue weighted by Gasteiger charge is -2.41. The average Bonchev–Trinajstić information content (AvgIpc) is 3.19. The summed E-state index contributed by atoms with van der Waals surface area (Å²) in [7, 11) is 1.51. The number of aromatic nitrogens is 1. The van der Waals surface area contributed by atoms with E-state index in [0.29, 0.717) is 25.2 Å². The molecule has 2 saturated heterocycles. The van der Waals surface area contributed by atoms with Crippen molar-refractivity contribution in [3.05, 3.63) is 64.8 Å². The van der Waals surface area contributed by atoms with Crippen molar-refractivity contribution in [3.63, 3.8) is 0 Å². The Morgan fingerprint density at radius 1 is 1.11 bits per heavy atom. The van der Waals surface area contributed by atoms with Crippen LogP contribution in [0.5, 0.6) is 5.75 Å². The van der Waals surface area contributed by atoms with Crippen LogP contribution in [-0.4, -0.2) is 69.3 Å². The van der Waals surface area contributed by atoms with Gasteiger partial charge in [-0.25, -0.2) is 4.79 Å². The number of imide groups is 1. The van der Waals surface area contributed by atoms with Crippen LogP contribution in [0.2, 0.25) is 0 Å². The fraction of sp³-hybridized carbons (Fsp3) is 0.370. The highest BCUT2D eigenvalue weighted by Crippen LogP contribution is 2.41. The first kappa shape index (κ1) is 26.3. The molecule has 2 unspecified atom stereocenters. The van der Waals surface area contributed by atoms with E-state index in [1.165, 1.54) is 11.9 Å². The second kappa shape index (κ2) is 10.7. The van der Waals surface area contributed by atoms with Crippen LogP contribution in [0.15, 0.2) is 42.5 Å². The Bertz CT molecular complexity index is 1310. The molecule has 37 heavy (non-hydrogen) atoms. The largest absolute Gasteiger partial charge is 0.508 e. The topological polar surface area (TPSA) is 147 Å². The zero-order chi connectivity index (χ0) is 25.4. The standard InChI is InChI=1S/C22H19N3O4.C5H10O2.H3N/c1-23-21(28)17-10-24(22(23)29)11-19-20(17)16-8-15(27)6-7-18(16)25(19)9-13-2-4-14(12-26)5-3-13;6-5-3-1-2-4-7-5;/h2-8,12,17,27H,9-11H2,1H3;5-6H,1-4H2;1H3. The number of amides is 3. The number of aldehydes is 1. The van der Waals surface area contributed by atoms with E-state index in [1.54, 1.807) is 29.2 Å². The third-order valence-electron chi connectivity index (χ3n) is 7.09. The van der Waals surface area contributed by atoms with Gasteiger partial charge in [-0.05, 0) is 48.6 Å². The number of carbonyl (C=O) groups is 3. The van der Waals surface area contributed by atoms with E-state index >= 15 is 0 Å². The number of likely N-dealkylation sites (N-methyl/N-ethyl adjacent to an activating group) is 1. The molecule has 1 aromatic heterocycles. The molecule has 10 nitrogen and oxygen atoms in total. The minimum Gasteiger partial charge on any atom is -0.508 e. The van der Waals surface area contributed by atoms with E-state index in [9.17, 15) is 19.5 Å². The van der Waals surface area contributed by atoms with Gasteiger partial charge in [-0.15, -0.1) is 0 Å². The van der Waals surface area contributed by atoms with Gasteiger partial charge >= 0.3 is 6.03 Å². The molecule has 0 spiro atoms.